The lowest BCUT2D eigenvalue weighted by Crippen LogP contribution is -2.03. The Morgan fingerprint density at radius 1 is 1.15 bits per heavy atom. The summed E-state index contributed by atoms with van der Waals surface area (Å²) in [6.07, 6.45) is 8.77. The van der Waals surface area contributed by atoms with Gasteiger partial charge in [-0.3, -0.25) is 4.79 Å². The molecule has 1 aromatic heterocycles. The number of hydrogen-bond donors (Lipinski definition) is 0. The van der Waals surface area contributed by atoms with Crippen LogP contribution in [0.5, 0.6) is 0 Å². The molecule has 2 heteroatoms. The van der Waals surface area contributed by atoms with Gasteiger partial charge in [0.1, 0.15) is 0 Å². The zero-order chi connectivity index (χ0) is 9.52. The van der Waals surface area contributed by atoms with Gasteiger partial charge in [-0.2, -0.15) is 0 Å². The Morgan fingerprint density at radius 3 is 2.46 bits per heavy atom. The van der Waals surface area contributed by atoms with Crippen LogP contribution in [0.1, 0.15) is 32.6 Å². The second kappa shape index (κ2) is 5.57. The van der Waals surface area contributed by atoms with Gasteiger partial charge in [0.2, 0.25) is 0 Å². The Bertz CT molecular complexity index is 270. The van der Waals surface area contributed by atoms with Crippen molar-refractivity contribution in [1.29, 1.82) is 0 Å². The summed E-state index contributed by atoms with van der Waals surface area (Å²) in [5.74, 6) is 0. The minimum absolute atomic E-state index is 0.0878. The third-order valence-corrected chi connectivity index (χ3v) is 2.13. The third kappa shape index (κ3) is 3.92. The maximum absolute atomic E-state index is 10.8. The van der Waals surface area contributed by atoms with E-state index in [4.69, 9.17) is 0 Å². The Hall–Kier alpha value is -1.05. The summed E-state index contributed by atoms with van der Waals surface area (Å²) >= 11 is 0. The Balaban J connectivity index is 2.29. The average Bonchev–Trinajstić information content (AvgIpc) is 2.15. The quantitative estimate of drug-likeness (QED) is 0.636. The maximum atomic E-state index is 10.8. The lowest BCUT2D eigenvalue weighted by molar-refractivity contribution is 0.580. The van der Waals surface area contributed by atoms with Crippen LogP contribution in [-0.2, 0) is 6.54 Å². The molecule has 1 rings (SSSR count). The molecule has 2 nitrogen and oxygen atoms in total. The van der Waals surface area contributed by atoms with Gasteiger partial charge in [-0.1, -0.05) is 26.2 Å². The molecule has 13 heavy (non-hydrogen) atoms. The van der Waals surface area contributed by atoms with Crippen molar-refractivity contribution < 1.29 is 0 Å². The highest BCUT2D eigenvalue weighted by Gasteiger charge is 1.89. The molecule has 0 aromatic carbocycles. The van der Waals surface area contributed by atoms with E-state index < -0.39 is 0 Å². The molecule has 0 aliphatic heterocycles. The van der Waals surface area contributed by atoms with E-state index in [1.165, 1.54) is 25.7 Å². The van der Waals surface area contributed by atoms with Crippen LogP contribution in [-0.4, -0.2) is 4.57 Å². The normalized spacial score (nSPS) is 10.2. The number of aromatic nitrogens is 1. The van der Waals surface area contributed by atoms with Crippen LogP contribution < -0.4 is 5.43 Å². The third-order valence-electron chi connectivity index (χ3n) is 2.13. The molecule has 0 bridgehead atoms. The molecule has 0 aliphatic carbocycles. The van der Waals surface area contributed by atoms with Crippen molar-refractivity contribution in [3.63, 3.8) is 0 Å². The Labute approximate surface area is 79.2 Å². The Morgan fingerprint density at radius 2 is 1.85 bits per heavy atom. The molecule has 0 spiro atoms. The molecule has 0 N–H and O–H groups in total. The fourth-order valence-corrected chi connectivity index (χ4v) is 1.31. The molecular formula is C11H17NO. The van der Waals surface area contributed by atoms with Gasteiger partial charge in [-0.05, 0) is 6.42 Å². The second-order valence-corrected chi connectivity index (χ2v) is 3.33. The first-order chi connectivity index (χ1) is 6.33. The van der Waals surface area contributed by atoms with Gasteiger partial charge in [0.15, 0.2) is 5.43 Å². The number of unbranched alkanes of at least 4 members (excludes halogenated alkanes) is 3. The summed E-state index contributed by atoms with van der Waals surface area (Å²) in [5, 5.41) is 0. The van der Waals surface area contributed by atoms with Crippen LogP contribution in [0.25, 0.3) is 0 Å². The molecule has 0 aliphatic rings. The highest BCUT2D eigenvalue weighted by Crippen LogP contribution is 2.00. The SMILES string of the molecule is CCCCCCn1ccc(=O)cc1. The van der Waals surface area contributed by atoms with E-state index in [9.17, 15) is 4.79 Å². The number of hydrogen-bond acceptors (Lipinski definition) is 1. The number of pyridine rings is 1. The molecule has 0 saturated carbocycles. The van der Waals surface area contributed by atoms with E-state index in [0.717, 1.165) is 6.54 Å². The van der Waals surface area contributed by atoms with Gasteiger partial charge < -0.3 is 4.57 Å². The first-order valence-corrected chi connectivity index (χ1v) is 4.99. The van der Waals surface area contributed by atoms with E-state index in [-0.39, 0.29) is 5.43 Å². The van der Waals surface area contributed by atoms with Gasteiger partial charge in [-0.15, -0.1) is 0 Å². The first kappa shape index (κ1) is 10.0. The van der Waals surface area contributed by atoms with Crippen LogP contribution >= 0.6 is 0 Å². The maximum Gasteiger partial charge on any atom is 0.181 e. The molecule has 0 atom stereocenters. The zero-order valence-electron chi connectivity index (χ0n) is 8.20. The van der Waals surface area contributed by atoms with Crippen molar-refractivity contribution in [2.75, 3.05) is 0 Å². The van der Waals surface area contributed by atoms with Crippen LogP contribution in [0.3, 0.4) is 0 Å². The number of aryl methyl sites for hydroxylation is 1. The van der Waals surface area contributed by atoms with Crippen LogP contribution in [0.2, 0.25) is 0 Å². The van der Waals surface area contributed by atoms with Crippen molar-refractivity contribution in [2.45, 2.75) is 39.2 Å². The predicted octanol–water partition coefficient (Wildman–Crippen LogP) is 2.43. The minimum atomic E-state index is 0.0878. The van der Waals surface area contributed by atoms with E-state index in [1.807, 2.05) is 12.4 Å². The van der Waals surface area contributed by atoms with Crippen LogP contribution in [0.4, 0.5) is 0 Å². The summed E-state index contributed by atoms with van der Waals surface area (Å²) in [7, 11) is 0. The summed E-state index contributed by atoms with van der Waals surface area (Å²) in [6.45, 7) is 3.24. The minimum Gasteiger partial charge on any atom is -0.354 e. The second-order valence-electron chi connectivity index (χ2n) is 3.33. The van der Waals surface area contributed by atoms with Crippen molar-refractivity contribution in [1.82, 2.24) is 4.57 Å². The number of rotatable bonds is 5. The average molecular weight is 179 g/mol. The van der Waals surface area contributed by atoms with Gasteiger partial charge >= 0.3 is 0 Å². The molecule has 0 amide bonds. The fraction of sp³-hybridized carbons (Fsp3) is 0.545. The lowest BCUT2D eigenvalue weighted by Gasteiger charge is -2.04. The molecule has 1 heterocycles. The first-order valence-electron chi connectivity index (χ1n) is 4.99. The summed E-state index contributed by atoms with van der Waals surface area (Å²) < 4.78 is 2.07. The standard InChI is InChI=1S/C11H17NO/c1-2-3-4-5-8-12-9-6-11(13)7-10-12/h6-7,9-10H,2-5,8H2,1H3. The lowest BCUT2D eigenvalue weighted by atomic mass is 10.2. The Kier molecular flexibility index (Phi) is 4.30. The monoisotopic (exact) mass is 179 g/mol. The van der Waals surface area contributed by atoms with Crippen LogP contribution in [0, 0.1) is 0 Å². The largest absolute Gasteiger partial charge is 0.354 e. The fourth-order valence-electron chi connectivity index (χ4n) is 1.31. The van der Waals surface area contributed by atoms with E-state index in [2.05, 4.69) is 11.5 Å². The van der Waals surface area contributed by atoms with Gasteiger partial charge in [-0.25, -0.2) is 0 Å². The van der Waals surface area contributed by atoms with Gasteiger partial charge in [0.05, 0.1) is 0 Å². The summed E-state index contributed by atoms with van der Waals surface area (Å²) in [6, 6.07) is 3.22. The predicted molar refractivity (Wildman–Crippen MR) is 54.8 cm³/mol. The van der Waals surface area contributed by atoms with Gasteiger partial charge in [0.25, 0.3) is 0 Å². The molecule has 0 fully saturated rings. The zero-order valence-corrected chi connectivity index (χ0v) is 8.20. The molecule has 0 unspecified atom stereocenters. The molecule has 0 saturated heterocycles. The summed E-state index contributed by atoms with van der Waals surface area (Å²) in [4.78, 5) is 10.8. The van der Waals surface area contributed by atoms with Gasteiger partial charge in [0, 0.05) is 31.1 Å². The molecule has 0 radical (unpaired) electrons. The molecule has 72 valence electrons. The highest BCUT2D eigenvalue weighted by atomic mass is 16.1. The van der Waals surface area contributed by atoms with Crippen molar-refractivity contribution in [2.24, 2.45) is 0 Å². The van der Waals surface area contributed by atoms with E-state index in [1.54, 1.807) is 12.1 Å². The number of nitrogens with zero attached hydrogens (tertiary/aromatic N) is 1. The van der Waals surface area contributed by atoms with Crippen molar-refractivity contribution in [3.05, 3.63) is 34.7 Å². The topological polar surface area (TPSA) is 22.0 Å². The smallest absolute Gasteiger partial charge is 0.181 e. The van der Waals surface area contributed by atoms with Crippen molar-refractivity contribution >= 4 is 0 Å². The van der Waals surface area contributed by atoms with E-state index >= 15 is 0 Å². The highest BCUT2D eigenvalue weighted by molar-refractivity contribution is 4.93. The van der Waals surface area contributed by atoms with Crippen molar-refractivity contribution in [3.8, 4) is 0 Å². The summed E-state index contributed by atoms with van der Waals surface area (Å²) in [5.41, 5.74) is 0.0878. The van der Waals surface area contributed by atoms with E-state index in [0.29, 0.717) is 0 Å². The molecular weight excluding hydrogens is 162 g/mol. The van der Waals surface area contributed by atoms with Crippen LogP contribution in [0.15, 0.2) is 29.3 Å². The molecule has 1 aromatic rings.